The summed E-state index contributed by atoms with van der Waals surface area (Å²) in [6.45, 7) is 0.0776. The Hall–Kier alpha value is -1.43. The van der Waals surface area contributed by atoms with Gasteiger partial charge in [-0.25, -0.2) is 13.1 Å². The van der Waals surface area contributed by atoms with E-state index in [9.17, 15) is 21.6 Å². The van der Waals surface area contributed by atoms with Gasteiger partial charge in [0.2, 0.25) is 10.0 Å². The molecule has 0 aliphatic carbocycles. The van der Waals surface area contributed by atoms with Gasteiger partial charge >= 0.3 is 6.18 Å². The summed E-state index contributed by atoms with van der Waals surface area (Å²) in [6.07, 6.45) is -4.27. The van der Waals surface area contributed by atoms with Gasteiger partial charge in [-0.05, 0) is 24.3 Å². The fourth-order valence-electron chi connectivity index (χ4n) is 2.70. The van der Waals surface area contributed by atoms with Crippen molar-refractivity contribution in [1.29, 1.82) is 0 Å². The molecule has 1 aromatic carbocycles. The molecule has 1 aliphatic rings. The molecule has 0 fully saturated rings. The fourth-order valence-corrected chi connectivity index (χ4v) is 3.99. The second kappa shape index (κ2) is 7.29. The van der Waals surface area contributed by atoms with Gasteiger partial charge in [0.05, 0.1) is 24.7 Å². The van der Waals surface area contributed by atoms with Crippen LogP contribution in [0, 0.1) is 0 Å². The lowest BCUT2D eigenvalue weighted by atomic mass is 10.1. The topological polar surface area (TPSA) is 73.2 Å². The normalized spacial score (nSPS) is 15.1. The largest absolute Gasteiger partial charge is 0.435 e. The average Bonchev–Trinajstić information content (AvgIpc) is 2.94. The molecule has 0 saturated carbocycles. The SMILES string of the molecule is O=S(=O)(NCCn1nc(C(F)(F)F)c2c1CCOC2)c1ccc(Br)cc1. The Morgan fingerprint density at radius 2 is 1.96 bits per heavy atom. The number of benzene rings is 1. The number of aromatic nitrogens is 2. The van der Waals surface area contributed by atoms with E-state index in [0.717, 1.165) is 4.47 Å². The first-order valence-electron chi connectivity index (χ1n) is 7.67. The minimum absolute atomic E-state index is 0.00578. The molecule has 2 aromatic rings. The van der Waals surface area contributed by atoms with Crippen LogP contribution in [0.2, 0.25) is 0 Å². The Morgan fingerprint density at radius 1 is 1.27 bits per heavy atom. The van der Waals surface area contributed by atoms with E-state index < -0.39 is 21.9 Å². The quantitative estimate of drug-likeness (QED) is 0.755. The third-order valence-electron chi connectivity index (χ3n) is 3.90. The number of hydrogen-bond acceptors (Lipinski definition) is 4. The predicted octanol–water partition coefficient (Wildman–Crippen LogP) is 2.72. The van der Waals surface area contributed by atoms with Crippen LogP contribution in [0.15, 0.2) is 33.6 Å². The zero-order valence-corrected chi connectivity index (χ0v) is 15.8. The number of nitrogens with zero attached hydrogens (tertiary/aromatic N) is 2. The van der Waals surface area contributed by atoms with E-state index in [1.807, 2.05) is 0 Å². The Kier molecular flexibility index (Phi) is 5.42. The number of hydrogen-bond donors (Lipinski definition) is 1. The van der Waals surface area contributed by atoms with E-state index in [0.29, 0.717) is 18.7 Å². The monoisotopic (exact) mass is 453 g/mol. The van der Waals surface area contributed by atoms with Crippen molar-refractivity contribution in [2.45, 2.75) is 30.6 Å². The standard InChI is InChI=1S/C15H15BrF3N3O3S/c16-10-1-3-11(4-2-10)26(23,24)20-6-7-22-13-5-8-25-9-12(13)14(21-22)15(17,18)19/h1-4,20H,5-9H2. The minimum Gasteiger partial charge on any atom is -0.376 e. The first-order valence-corrected chi connectivity index (χ1v) is 9.95. The number of ether oxygens (including phenoxy) is 1. The van der Waals surface area contributed by atoms with Gasteiger partial charge in [0.15, 0.2) is 5.69 Å². The van der Waals surface area contributed by atoms with Crippen LogP contribution in [0.5, 0.6) is 0 Å². The predicted molar refractivity (Wildman–Crippen MR) is 89.9 cm³/mol. The van der Waals surface area contributed by atoms with Crippen molar-refractivity contribution in [1.82, 2.24) is 14.5 Å². The molecule has 11 heteroatoms. The highest BCUT2D eigenvalue weighted by atomic mass is 79.9. The summed E-state index contributed by atoms with van der Waals surface area (Å²) in [5.41, 5.74) is -0.506. The third kappa shape index (κ3) is 4.11. The highest BCUT2D eigenvalue weighted by Gasteiger charge is 2.39. The highest BCUT2D eigenvalue weighted by molar-refractivity contribution is 9.10. The van der Waals surface area contributed by atoms with E-state index >= 15 is 0 Å². The molecule has 26 heavy (non-hydrogen) atoms. The summed E-state index contributed by atoms with van der Waals surface area (Å²) in [4.78, 5) is 0.0765. The van der Waals surface area contributed by atoms with Crippen LogP contribution in [0.4, 0.5) is 13.2 Å². The van der Waals surface area contributed by atoms with Gasteiger partial charge in [-0.15, -0.1) is 0 Å². The molecule has 0 saturated heterocycles. The average molecular weight is 454 g/mol. The maximum absolute atomic E-state index is 13.1. The van der Waals surface area contributed by atoms with Crippen LogP contribution in [0.1, 0.15) is 17.0 Å². The molecular formula is C15H15BrF3N3O3S. The van der Waals surface area contributed by atoms with Crippen LogP contribution in [-0.4, -0.2) is 31.3 Å². The summed E-state index contributed by atoms with van der Waals surface area (Å²) < 4.78 is 73.2. The molecule has 0 radical (unpaired) electrons. The summed E-state index contributed by atoms with van der Waals surface area (Å²) in [5, 5.41) is 3.64. The zero-order valence-electron chi connectivity index (χ0n) is 13.4. The van der Waals surface area contributed by atoms with Gasteiger partial charge in [0, 0.05) is 28.7 Å². The molecule has 0 amide bonds. The molecule has 3 rings (SSSR count). The van der Waals surface area contributed by atoms with Crippen LogP contribution < -0.4 is 4.72 Å². The molecule has 2 heterocycles. The van der Waals surface area contributed by atoms with Crippen molar-refractivity contribution in [2.24, 2.45) is 0 Å². The van der Waals surface area contributed by atoms with E-state index in [2.05, 4.69) is 25.8 Å². The molecule has 0 unspecified atom stereocenters. The molecule has 142 valence electrons. The second-order valence-corrected chi connectivity index (χ2v) is 8.33. The van der Waals surface area contributed by atoms with E-state index in [1.165, 1.54) is 16.8 Å². The minimum atomic E-state index is -4.58. The Bertz CT molecular complexity index is 895. The molecule has 0 spiro atoms. The van der Waals surface area contributed by atoms with Crippen molar-refractivity contribution in [2.75, 3.05) is 13.2 Å². The van der Waals surface area contributed by atoms with Gasteiger partial charge in [-0.1, -0.05) is 15.9 Å². The lowest BCUT2D eigenvalue weighted by molar-refractivity contribution is -0.142. The van der Waals surface area contributed by atoms with Crippen LogP contribution in [0.3, 0.4) is 0 Å². The van der Waals surface area contributed by atoms with Gasteiger partial charge < -0.3 is 4.74 Å². The molecule has 0 bridgehead atoms. The summed E-state index contributed by atoms with van der Waals surface area (Å²) >= 11 is 3.22. The Balaban J connectivity index is 1.74. The van der Waals surface area contributed by atoms with Crippen LogP contribution in [0.25, 0.3) is 0 Å². The van der Waals surface area contributed by atoms with Gasteiger partial charge in [-0.3, -0.25) is 4.68 Å². The molecule has 1 aliphatic heterocycles. The Morgan fingerprint density at radius 3 is 2.62 bits per heavy atom. The van der Waals surface area contributed by atoms with Gasteiger partial charge in [0.25, 0.3) is 0 Å². The van der Waals surface area contributed by atoms with E-state index in [-0.39, 0.29) is 30.2 Å². The zero-order chi connectivity index (χ0) is 18.9. The number of fused-ring (bicyclic) bond motifs is 1. The van der Waals surface area contributed by atoms with Gasteiger partial charge in [-0.2, -0.15) is 18.3 Å². The van der Waals surface area contributed by atoms with Crippen molar-refractivity contribution in [3.8, 4) is 0 Å². The van der Waals surface area contributed by atoms with Crippen molar-refractivity contribution >= 4 is 26.0 Å². The number of alkyl halides is 3. The second-order valence-electron chi connectivity index (χ2n) is 5.65. The smallest absolute Gasteiger partial charge is 0.376 e. The summed E-state index contributed by atoms with van der Waals surface area (Å²) in [7, 11) is -3.75. The number of nitrogens with one attached hydrogen (secondary N) is 1. The van der Waals surface area contributed by atoms with E-state index in [4.69, 9.17) is 4.74 Å². The van der Waals surface area contributed by atoms with Crippen molar-refractivity contribution in [3.05, 3.63) is 45.7 Å². The summed E-state index contributed by atoms with van der Waals surface area (Å²) in [6, 6.07) is 6.05. The van der Waals surface area contributed by atoms with E-state index in [1.54, 1.807) is 12.1 Å². The first-order chi connectivity index (χ1) is 12.2. The van der Waals surface area contributed by atoms with Crippen LogP contribution in [-0.2, 0) is 40.5 Å². The number of sulfonamides is 1. The number of halogens is 4. The molecule has 1 N–H and O–H groups in total. The number of rotatable bonds is 5. The van der Waals surface area contributed by atoms with Crippen molar-refractivity contribution in [3.63, 3.8) is 0 Å². The first kappa shape index (κ1) is 19.3. The summed E-state index contributed by atoms with van der Waals surface area (Å²) in [5.74, 6) is 0. The fraction of sp³-hybridized carbons (Fsp3) is 0.400. The van der Waals surface area contributed by atoms with Crippen molar-refractivity contribution < 1.29 is 26.3 Å². The highest BCUT2D eigenvalue weighted by Crippen LogP contribution is 2.34. The molecule has 6 nitrogen and oxygen atoms in total. The maximum atomic E-state index is 13.1. The lowest BCUT2D eigenvalue weighted by Crippen LogP contribution is -2.28. The molecular weight excluding hydrogens is 439 g/mol. The third-order valence-corrected chi connectivity index (χ3v) is 5.91. The molecule has 1 aromatic heterocycles. The van der Waals surface area contributed by atoms with Crippen LogP contribution >= 0.6 is 15.9 Å². The molecule has 0 atom stereocenters. The lowest BCUT2D eigenvalue weighted by Gasteiger charge is -2.15. The Labute approximate surface area is 156 Å². The van der Waals surface area contributed by atoms with Gasteiger partial charge in [0.1, 0.15) is 0 Å². The maximum Gasteiger partial charge on any atom is 0.435 e.